The summed E-state index contributed by atoms with van der Waals surface area (Å²) in [6.45, 7) is 19.1. The molecule has 0 heterocycles. The maximum atomic E-state index is 13.9. The summed E-state index contributed by atoms with van der Waals surface area (Å²) >= 11 is 0. The van der Waals surface area contributed by atoms with E-state index in [1.807, 2.05) is 13.8 Å². The highest BCUT2D eigenvalue weighted by Crippen LogP contribution is 2.14. The third-order valence-corrected chi connectivity index (χ3v) is 10.3. The van der Waals surface area contributed by atoms with Crippen molar-refractivity contribution in [1.82, 2.24) is 42.5 Å². The van der Waals surface area contributed by atoms with Gasteiger partial charge in [-0.1, -0.05) is 81.1 Å². The van der Waals surface area contributed by atoms with Gasteiger partial charge in [0.1, 0.15) is 42.3 Å². The zero-order valence-electron chi connectivity index (χ0n) is 38.2. The van der Waals surface area contributed by atoms with Crippen molar-refractivity contribution in [3.8, 4) is 0 Å². The second-order valence-electron chi connectivity index (χ2n) is 16.0. The van der Waals surface area contributed by atoms with Crippen LogP contribution in [0.1, 0.15) is 128 Å². The van der Waals surface area contributed by atoms with Gasteiger partial charge in [-0.3, -0.25) is 43.3 Å². The molecule has 0 aliphatic rings. The van der Waals surface area contributed by atoms with Crippen LogP contribution in [0.2, 0.25) is 0 Å². The van der Waals surface area contributed by atoms with Crippen molar-refractivity contribution in [2.75, 3.05) is 13.1 Å². The SMILES string of the molecule is CCC[C@H](NC(C)=O)C(=O)N[C@H](C(=O)N[C@@H](C(=O)N[C@H](C(=O)N[C@@H](CCC)C(=O)N[C@H](C(=O)N[C@@H](CCCN=C(N)N)C(=O)NCC)[C@@H](C)CC)[C@@H](C)O)[C@@H](C)CC)C(C)C. The van der Waals surface area contributed by atoms with Gasteiger partial charge in [0.25, 0.3) is 0 Å². The van der Waals surface area contributed by atoms with Gasteiger partial charge < -0.3 is 59.1 Å². The van der Waals surface area contributed by atoms with E-state index in [1.54, 1.807) is 48.5 Å². The predicted octanol–water partition coefficient (Wildman–Crippen LogP) is -0.681. The van der Waals surface area contributed by atoms with Crippen molar-refractivity contribution in [1.29, 1.82) is 0 Å². The lowest BCUT2D eigenvalue weighted by molar-refractivity contribution is -0.138. The van der Waals surface area contributed by atoms with Crippen molar-refractivity contribution < 1.29 is 43.5 Å². The highest BCUT2D eigenvalue weighted by molar-refractivity contribution is 5.98. The zero-order chi connectivity index (χ0) is 47.0. The number of likely N-dealkylation sites (N-methyl/N-ethyl adjacent to an activating group) is 1. The lowest BCUT2D eigenvalue weighted by Crippen LogP contribution is -2.63. The molecule has 8 amide bonds. The molecular formula is C41H77N11O9. The molecule has 0 radical (unpaired) electrons. The molecule has 10 atom stereocenters. The van der Waals surface area contributed by atoms with Gasteiger partial charge in [0.05, 0.1) is 6.10 Å². The Morgan fingerprint density at radius 3 is 1.33 bits per heavy atom. The number of hydrogen-bond donors (Lipinski definition) is 11. The van der Waals surface area contributed by atoms with Crippen molar-refractivity contribution in [3.63, 3.8) is 0 Å². The number of nitrogens with one attached hydrogen (secondary N) is 8. The molecule has 0 spiro atoms. The first-order chi connectivity index (χ1) is 28.6. The Morgan fingerprint density at radius 2 is 0.918 bits per heavy atom. The quantitative estimate of drug-likeness (QED) is 0.0254. The average Bonchev–Trinajstić information content (AvgIpc) is 3.19. The molecule has 0 aliphatic heterocycles. The Morgan fingerprint density at radius 1 is 0.525 bits per heavy atom. The minimum Gasteiger partial charge on any atom is -0.391 e. The summed E-state index contributed by atoms with van der Waals surface area (Å²) in [6.07, 6.45) is 1.55. The van der Waals surface area contributed by atoms with Gasteiger partial charge in [-0.2, -0.15) is 0 Å². The van der Waals surface area contributed by atoms with E-state index in [2.05, 4.69) is 47.5 Å². The lowest BCUT2D eigenvalue weighted by atomic mass is 9.95. The Bertz CT molecular complexity index is 1470. The van der Waals surface area contributed by atoms with Crippen LogP contribution in [-0.2, 0) is 38.4 Å². The molecule has 13 N–H and O–H groups in total. The Hall–Kier alpha value is -5.01. The number of aliphatic hydroxyl groups is 1. The first-order valence-electron chi connectivity index (χ1n) is 21.7. The number of rotatable bonds is 29. The minimum atomic E-state index is -1.57. The Labute approximate surface area is 361 Å². The topological polar surface area (TPSA) is 317 Å². The van der Waals surface area contributed by atoms with Crippen LogP contribution in [0.25, 0.3) is 0 Å². The molecule has 61 heavy (non-hydrogen) atoms. The number of aliphatic imine (C=N–C) groups is 1. The van der Waals surface area contributed by atoms with Crippen LogP contribution in [0.4, 0.5) is 0 Å². The highest BCUT2D eigenvalue weighted by atomic mass is 16.3. The molecule has 0 aromatic heterocycles. The Balaban J connectivity index is 6.28. The van der Waals surface area contributed by atoms with E-state index in [1.165, 1.54) is 13.8 Å². The summed E-state index contributed by atoms with van der Waals surface area (Å²) in [5.74, 6) is -6.40. The number of guanidine groups is 1. The summed E-state index contributed by atoms with van der Waals surface area (Å²) in [4.78, 5) is 111. The summed E-state index contributed by atoms with van der Waals surface area (Å²) in [6, 6.07) is -7.95. The molecule has 0 rings (SSSR count). The van der Waals surface area contributed by atoms with Crippen LogP contribution >= 0.6 is 0 Å². The summed E-state index contributed by atoms with van der Waals surface area (Å²) in [5, 5.41) is 32.1. The van der Waals surface area contributed by atoms with Gasteiger partial charge >= 0.3 is 0 Å². The van der Waals surface area contributed by atoms with E-state index in [0.717, 1.165) is 0 Å². The summed E-state index contributed by atoms with van der Waals surface area (Å²) in [5.41, 5.74) is 10.8. The first-order valence-corrected chi connectivity index (χ1v) is 21.7. The second-order valence-corrected chi connectivity index (χ2v) is 16.0. The van der Waals surface area contributed by atoms with Crippen molar-refractivity contribution in [3.05, 3.63) is 0 Å². The van der Waals surface area contributed by atoms with Crippen LogP contribution in [0.5, 0.6) is 0 Å². The smallest absolute Gasteiger partial charge is 0.245 e. The maximum Gasteiger partial charge on any atom is 0.245 e. The maximum absolute atomic E-state index is 13.9. The fourth-order valence-electron chi connectivity index (χ4n) is 6.29. The molecule has 20 nitrogen and oxygen atoms in total. The number of carbonyl (C=O) groups is 8. The van der Waals surface area contributed by atoms with E-state index in [0.29, 0.717) is 45.1 Å². The molecule has 20 heteroatoms. The zero-order valence-corrected chi connectivity index (χ0v) is 38.2. The van der Waals surface area contributed by atoms with Gasteiger partial charge in [-0.15, -0.1) is 0 Å². The van der Waals surface area contributed by atoms with Crippen LogP contribution in [0, 0.1) is 17.8 Å². The third kappa shape index (κ3) is 20.4. The minimum absolute atomic E-state index is 0.103. The van der Waals surface area contributed by atoms with Crippen LogP contribution in [0.15, 0.2) is 4.99 Å². The predicted molar refractivity (Wildman–Crippen MR) is 233 cm³/mol. The number of nitrogens with two attached hydrogens (primary N) is 2. The molecule has 0 bridgehead atoms. The number of nitrogens with zero attached hydrogens (tertiary/aromatic N) is 1. The van der Waals surface area contributed by atoms with Crippen molar-refractivity contribution in [2.45, 2.75) is 176 Å². The van der Waals surface area contributed by atoms with Crippen molar-refractivity contribution >= 4 is 53.2 Å². The normalized spacial score (nSPS) is 16.0. The van der Waals surface area contributed by atoms with Gasteiger partial charge in [0.15, 0.2) is 5.96 Å². The summed E-state index contributed by atoms with van der Waals surface area (Å²) in [7, 11) is 0. The lowest BCUT2D eigenvalue weighted by Gasteiger charge is -2.31. The standard InChI is InChI=1S/C41H77N11O9/c1-12-18-27(46-26(11)54)35(56)49-30(22(6)7)37(58)51-32(24(9)15-4)39(60)52-33(25(10)53)40(61)47-28(19-13-2)36(57)50-31(23(8)14-3)38(59)48-29(34(55)44-16-5)20-17-21-45-41(42)43/h22-25,27-33,53H,12-21H2,1-11H3,(H,44,55)(H,46,54)(H,47,61)(H,48,59)(H,49,56)(H,50,57)(H,51,58)(H,52,60)(H4,42,43,45)/t23-,24-,25+,27-,28-,29-,30-,31-,32+,33-/m0/s1. The molecule has 350 valence electrons. The van der Waals surface area contributed by atoms with Crippen LogP contribution < -0.4 is 54.0 Å². The molecule has 0 unspecified atom stereocenters. The van der Waals surface area contributed by atoms with E-state index >= 15 is 0 Å². The number of hydrogen-bond acceptors (Lipinski definition) is 10. The molecule has 0 aromatic carbocycles. The molecule has 0 saturated heterocycles. The van der Waals surface area contributed by atoms with Gasteiger partial charge in [0.2, 0.25) is 47.3 Å². The molecule has 0 aromatic rings. The number of aliphatic hydroxyl groups excluding tert-OH is 1. The molecular weight excluding hydrogens is 791 g/mol. The Kier molecular flexibility index (Phi) is 26.9. The second kappa shape index (κ2) is 29.3. The number of amides is 8. The third-order valence-electron chi connectivity index (χ3n) is 10.3. The largest absolute Gasteiger partial charge is 0.391 e. The van der Waals surface area contributed by atoms with E-state index in [-0.39, 0.29) is 25.3 Å². The van der Waals surface area contributed by atoms with Gasteiger partial charge in [-0.25, -0.2) is 0 Å². The molecule has 0 fully saturated rings. The van der Waals surface area contributed by atoms with E-state index in [4.69, 9.17) is 11.5 Å². The molecule has 0 saturated carbocycles. The molecule has 0 aliphatic carbocycles. The van der Waals surface area contributed by atoms with Crippen molar-refractivity contribution in [2.24, 2.45) is 34.2 Å². The van der Waals surface area contributed by atoms with Gasteiger partial charge in [-0.05, 0) is 57.3 Å². The number of carbonyl (C=O) groups excluding carboxylic acids is 8. The van der Waals surface area contributed by atoms with E-state index in [9.17, 15) is 43.5 Å². The van der Waals surface area contributed by atoms with Crippen LogP contribution in [0.3, 0.4) is 0 Å². The summed E-state index contributed by atoms with van der Waals surface area (Å²) < 4.78 is 0. The van der Waals surface area contributed by atoms with Gasteiger partial charge in [0, 0.05) is 20.0 Å². The highest BCUT2D eigenvalue weighted by Gasteiger charge is 2.37. The fourth-order valence-corrected chi connectivity index (χ4v) is 6.29. The first kappa shape index (κ1) is 56.0. The van der Waals surface area contributed by atoms with E-state index < -0.39 is 113 Å². The average molecular weight is 868 g/mol. The fraction of sp³-hybridized carbons (Fsp3) is 0.780. The monoisotopic (exact) mass is 868 g/mol. The van der Waals surface area contributed by atoms with Crippen LogP contribution in [-0.4, -0.2) is 120 Å².